The van der Waals surface area contributed by atoms with Gasteiger partial charge in [0.15, 0.2) is 0 Å². The number of carbonyl (C=O) groups excluding carboxylic acids is 1. The minimum Gasteiger partial charge on any atom is -0.459 e. The molecule has 2 aromatic rings. The number of halogens is 1. The fourth-order valence-corrected chi connectivity index (χ4v) is 3.06. The van der Waals surface area contributed by atoms with Gasteiger partial charge in [-0.05, 0) is 56.9 Å². The summed E-state index contributed by atoms with van der Waals surface area (Å²) in [5, 5.41) is 2.90. The van der Waals surface area contributed by atoms with Gasteiger partial charge >= 0.3 is 0 Å². The summed E-state index contributed by atoms with van der Waals surface area (Å²) in [6.45, 7) is 2.64. The predicted molar refractivity (Wildman–Crippen MR) is 94.5 cm³/mol. The molecule has 0 radical (unpaired) electrons. The Morgan fingerprint density at radius 2 is 2.04 bits per heavy atom. The number of carbonyl (C=O) groups is 1. The number of rotatable bonds is 6. The van der Waals surface area contributed by atoms with Crippen LogP contribution in [-0.4, -0.2) is 55.5 Å². The smallest absolute Gasteiger partial charge is 0.234 e. The highest BCUT2D eigenvalue weighted by Gasteiger charge is 2.25. The summed E-state index contributed by atoms with van der Waals surface area (Å²) >= 11 is 0. The number of furan rings is 1. The molecule has 1 saturated heterocycles. The molecule has 5 nitrogen and oxygen atoms in total. The molecule has 134 valence electrons. The predicted octanol–water partition coefficient (Wildman–Crippen LogP) is 2.34. The summed E-state index contributed by atoms with van der Waals surface area (Å²) in [4.78, 5) is 16.5. The first-order valence-electron chi connectivity index (χ1n) is 8.51. The summed E-state index contributed by atoms with van der Waals surface area (Å²) in [6.07, 6.45) is 1.10. The lowest BCUT2D eigenvalue weighted by atomic mass is 10.2. The van der Waals surface area contributed by atoms with E-state index in [4.69, 9.17) is 4.42 Å². The zero-order valence-electron chi connectivity index (χ0n) is 14.7. The largest absolute Gasteiger partial charge is 0.459 e. The molecule has 2 heterocycles. The van der Waals surface area contributed by atoms with Crippen LogP contribution in [0.3, 0.4) is 0 Å². The van der Waals surface area contributed by atoms with E-state index in [0.717, 1.165) is 25.1 Å². The Kier molecular flexibility index (Phi) is 5.50. The highest BCUT2D eigenvalue weighted by molar-refractivity contribution is 5.78. The molecule has 1 amide bonds. The number of nitrogens with one attached hydrogen (secondary N) is 1. The molecule has 0 saturated carbocycles. The highest BCUT2D eigenvalue weighted by Crippen LogP contribution is 2.22. The lowest BCUT2D eigenvalue weighted by Crippen LogP contribution is -2.38. The average Bonchev–Trinajstić information content (AvgIpc) is 3.23. The van der Waals surface area contributed by atoms with Gasteiger partial charge in [0.2, 0.25) is 5.91 Å². The van der Waals surface area contributed by atoms with E-state index in [1.165, 1.54) is 12.1 Å². The number of amides is 1. The molecule has 3 rings (SSSR count). The van der Waals surface area contributed by atoms with Crippen molar-refractivity contribution in [1.29, 1.82) is 0 Å². The van der Waals surface area contributed by atoms with Crippen molar-refractivity contribution in [3.05, 3.63) is 48.0 Å². The van der Waals surface area contributed by atoms with Gasteiger partial charge < -0.3 is 14.6 Å². The molecule has 0 bridgehead atoms. The quantitative estimate of drug-likeness (QED) is 0.873. The lowest BCUT2D eigenvalue weighted by Gasteiger charge is -2.19. The standard InChI is InChI=1S/C19H24FN3O2/c1-22(2)16-9-10-23(12-16)13-19(24)21-11-17-7-8-18(25-17)14-3-5-15(20)6-4-14/h3-8,16H,9-13H2,1-2H3,(H,21,24). The third-order valence-corrected chi connectivity index (χ3v) is 4.60. The molecule has 1 fully saturated rings. The fourth-order valence-electron chi connectivity index (χ4n) is 3.06. The van der Waals surface area contributed by atoms with Crippen LogP contribution < -0.4 is 5.32 Å². The minimum atomic E-state index is -0.277. The van der Waals surface area contributed by atoms with Crippen LogP contribution >= 0.6 is 0 Å². The summed E-state index contributed by atoms with van der Waals surface area (Å²) in [5.41, 5.74) is 0.811. The van der Waals surface area contributed by atoms with Gasteiger partial charge in [0, 0.05) is 24.7 Å². The number of likely N-dealkylation sites (tertiary alicyclic amines) is 1. The maximum absolute atomic E-state index is 13.0. The molecule has 1 aromatic carbocycles. The van der Waals surface area contributed by atoms with Crippen molar-refractivity contribution in [2.45, 2.75) is 19.0 Å². The third kappa shape index (κ3) is 4.67. The SMILES string of the molecule is CN(C)C1CCN(CC(=O)NCc2ccc(-c3ccc(F)cc3)o2)C1. The van der Waals surface area contributed by atoms with E-state index in [-0.39, 0.29) is 11.7 Å². The van der Waals surface area contributed by atoms with Gasteiger partial charge in [-0.1, -0.05) is 0 Å². The molecule has 0 aliphatic carbocycles. The van der Waals surface area contributed by atoms with Crippen LogP contribution in [0, 0.1) is 5.82 Å². The molecule has 1 aliphatic heterocycles. The highest BCUT2D eigenvalue weighted by atomic mass is 19.1. The molecule has 6 heteroatoms. The van der Waals surface area contributed by atoms with E-state index in [9.17, 15) is 9.18 Å². The van der Waals surface area contributed by atoms with Crippen LogP contribution in [-0.2, 0) is 11.3 Å². The van der Waals surface area contributed by atoms with Crippen molar-refractivity contribution >= 4 is 5.91 Å². The molecule has 1 atom stereocenters. The molecule has 1 aromatic heterocycles. The number of hydrogen-bond acceptors (Lipinski definition) is 4. The molecular weight excluding hydrogens is 321 g/mol. The Balaban J connectivity index is 1.47. The van der Waals surface area contributed by atoms with Crippen molar-refractivity contribution in [2.24, 2.45) is 0 Å². The number of nitrogens with zero attached hydrogens (tertiary/aromatic N) is 2. The second-order valence-electron chi connectivity index (χ2n) is 6.69. The van der Waals surface area contributed by atoms with Gasteiger partial charge in [-0.3, -0.25) is 9.69 Å². The van der Waals surface area contributed by atoms with E-state index in [2.05, 4.69) is 29.2 Å². The van der Waals surface area contributed by atoms with Crippen LogP contribution in [0.1, 0.15) is 12.2 Å². The van der Waals surface area contributed by atoms with Crippen molar-refractivity contribution in [1.82, 2.24) is 15.1 Å². The van der Waals surface area contributed by atoms with Gasteiger partial charge in [-0.2, -0.15) is 0 Å². The first-order valence-corrected chi connectivity index (χ1v) is 8.51. The van der Waals surface area contributed by atoms with Crippen LogP contribution in [0.25, 0.3) is 11.3 Å². The molecular formula is C19H24FN3O2. The first-order chi connectivity index (χ1) is 12.0. The monoisotopic (exact) mass is 345 g/mol. The fraction of sp³-hybridized carbons (Fsp3) is 0.421. The van der Waals surface area contributed by atoms with Crippen molar-refractivity contribution in [3.8, 4) is 11.3 Å². The summed E-state index contributed by atoms with van der Waals surface area (Å²) in [6, 6.07) is 10.3. The van der Waals surface area contributed by atoms with E-state index in [1.54, 1.807) is 12.1 Å². The van der Waals surface area contributed by atoms with Gasteiger partial charge in [0.05, 0.1) is 13.1 Å². The Morgan fingerprint density at radius 3 is 2.72 bits per heavy atom. The number of likely N-dealkylation sites (N-methyl/N-ethyl adjacent to an activating group) is 1. The van der Waals surface area contributed by atoms with Crippen LogP contribution in [0.15, 0.2) is 40.8 Å². The second-order valence-corrected chi connectivity index (χ2v) is 6.69. The van der Waals surface area contributed by atoms with Crippen molar-refractivity contribution < 1.29 is 13.6 Å². The molecule has 25 heavy (non-hydrogen) atoms. The van der Waals surface area contributed by atoms with Gasteiger partial charge in [-0.15, -0.1) is 0 Å². The van der Waals surface area contributed by atoms with E-state index < -0.39 is 0 Å². The Labute approximate surface area is 147 Å². The van der Waals surface area contributed by atoms with Crippen LogP contribution in [0.5, 0.6) is 0 Å². The third-order valence-electron chi connectivity index (χ3n) is 4.60. The maximum Gasteiger partial charge on any atom is 0.234 e. The molecule has 0 spiro atoms. The number of benzene rings is 1. The lowest BCUT2D eigenvalue weighted by molar-refractivity contribution is -0.122. The summed E-state index contributed by atoms with van der Waals surface area (Å²) in [5.74, 6) is 1.07. The normalized spacial score (nSPS) is 18.0. The van der Waals surface area contributed by atoms with Crippen LogP contribution in [0.2, 0.25) is 0 Å². The van der Waals surface area contributed by atoms with Gasteiger partial charge in [-0.25, -0.2) is 4.39 Å². The summed E-state index contributed by atoms with van der Waals surface area (Å²) < 4.78 is 18.7. The Bertz CT molecular complexity index is 712. The minimum absolute atomic E-state index is 0.000798. The van der Waals surface area contributed by atoms with E-state index in [1.807, 2.05) is 12.1 Å². The Hall–Kier alpha value is -2.18. The topological polar surface area (TPSA) is 48.7 Å². The molecule has 1 N–H and O–H groups in total. The van der Waals surface area contributed by atoms with E-state index in [0.29, 0.717) is 30.7 Å². The first kappa shape index (κ1) is 17.6. The van der Waals surface area contributed by atoms with Gasteiger partial charge in [0.25, 0.3) is 0 Å². The Morgan fingerprint density at radius 1 is 1.28 bits per heavy atom. The van der Waals surface area contributed by atoms with Gasteiger partial charge in [0.1, 0.15) is 17.3 Å². The average molecular weight is 345 g/mol. The van der Waals surface area contributed by atoms with Crippen molar-refractivity contribution in [2.75, 3.05) is 33.7 Å². The second kappa shape index (κ2) is 7.80. The number of hydrogen-bond donors (Lipinski definition) is 1. The van der Waals surface area contributed by atoms with Crippen LogP contribution in [0.4, 0.5) is 4.39 Å². The molecule has 1 unspecified atom stereocenters. The summed E-state index contributed by atoms with van der Waals surface area (Å²) in [7, 11) is 4.15. The van der Waals surface area contributed by atoms with Crippen molar-refractivity contribution in [3.63, 3.8) is 0 Å². The maximum atomic E-state index is 13.0. The zero-order chi connectivity index (χ0) is 17.8. The zero-order valence-corrected chi connectivity index (χ0v) is 14.7. The molecule has 1 aliphatic rings. The van der Waals surface area contributed by atoms with E-state index >= 15 is 0 Å².